The van der Waals surface area contributed by atoms with Gasteiger partial charge in [-0.3, -0.25) is 0 Å². The Labute approximate surface area is 165 Å². The van der Waals surface area contributed by atoms with Crippen LogP contribution in [0.5, 0.6) is 0 Å². The number of nitrogens with zero attached hydrogens (tertiary/aromatic N) is 5. The predicted molar refractivity (Wildman–Crippen MR) is 93.7 cm³/mol. The zero-order valence-corrected chi connectivity index (χ0v) is 15.0. The summed E-state index contributed by atoms with van der Waals surface area (Å²) in [5.41, 5.74) is -5.55. The number of aromatic nitrogens is 5. The van der Waals surface area contributed by atoms with Crippen molar-refractivity contribution in [1.82, 2.24) is 25.2 Å². The molecule has 0 aliphatic heterocycles. The molecule has 11 heteroatoms. The number of halogens is 5. The van der Waals surface area contributed by atoms with E-state index in [4.69, 9.17) is 0 Å². The summed E-state index contributed by atoms with van der Waals surface area (Å²) in [6.07, 6.45) is 0.940. The van der Waals surface area contributed by atoms with Gasteiger partial charge in [-0.1, -0.05) is 18.2 Å². The maximum Gasteiger partial charge on any atom is 0.323 e. The maximum absolute atomic E-state index is 15.6. The highest BCUT2D eigenvalue weighted by molar-refractivity contribution is 5.79. The number of benzene rings is 2. The standard InChI is InChI=1S/C19H12F5N5O/c20-12-5-6-13(15(22)8-12)18(30,9-29-10-25-27-28-29)19(23,24)16-7-4-11-2-1-3-14(21)17(11)26-16/h1-8,10,30H,9H2. The zero-order valence-electron chi connectivity index (χ0n) is 15.0. The molecule has 0 aliphatic rings. The Morgan fingerprint density at radius 3 is 2.47 bits per heavy atom. The van der Waals surface area contributed by atoms with Gasteiger partial charge >= 0.3 is 5.92 Å². The van der Waals surface area contributed by atoms with Crippen molar-refractivity contribution in [3.63, 3.8) is 0 Å². The topological polar surface area (TPSA) is 76.7 Å². The van der Waals surface area contributed by atoms with Crippen LogP contribution in [0.15, 0.2) is 54.9 Å². The summed E-state index contributed by atoms with van der Waals surface area (Å²) >= 11 is 0. The van der Waals surface area contributed by atoms with E-state index in [1.807, 2.05) is 0 Å². The average molecular weight is 421 g/mol. The molecule has 2 aromatic carbocycles. The van der Waals surface area contributed by atoms with Crippen LogP contribution in [0.25, 0.3) is 10.9 Å². The van der Waals surface area contributed by atoms with Crippen LogP contribution in [0.1, 0.15) is 11.3 Å². The lowest BCUT2D eigenvalue weighted by atomic mass is 9.84. The fourth-order valence-electron chi connectivity index (χ4n) is 3.16. The van der Waals surface area contributed by atoms with Crippen molar-refractivity contribution in [3.05, 3.63) is 83.6 Å². The van der Waals surface area contributed by atoms with Gasteiger partial charge in [0.15, 0.2) is 5.60 Å². The molecular weight excluding hydrogens is 409 g/mol. The smallest absolute Gasteiger partial charge is 0.323 e. The molecule has 30 heavy (non-hydrogen) atoms. The number of hydrogen-bond donors (Lipinski definition) is 1. The lowest BCUT2D eigenvalue weighted by molar-refractivity contribution is -0.207. The monoisotopic (exact) mass is 421 g/mol. The molecule has 154 valence electrons. The number of hydrogen-bond acceptors (Lipinski definition) is 5. The van der Waals surface area contributed by atoms with E-state index < -0.39 is 46.8 Å². The molecular formula is C19H12F5N5O. The summed E-state index contributed by atoms with van der Waals surface area (Å²) in [7, 11) is 0. The van der Waals surface area contributed by atoms with Gasteiger partial charge in [0.2, 0.25) is 0 Å². The summed E-state index contributed by atoms with van der Waals surface area (Å²) in [4.78, 5) is 3.67. The van der Waals surface area contributed by atoms with Gasteiger partial charge in [-0.2, -0.15) is 8.78 Å². The second-order valence-corrected chi connectivity index (χ2v) is 6.57. The molecule has 1 N–H and O–H groups in total. The van der Waals surface area contributed by atoms with Crippen LogP contribution in [0.4, 0.5) is 22.0 Å². The molecule has 0 aliphatic carbocycles. The minimum Gasteiger partial charge on any atom is -0.377 e. The Morgan fingerprint density at radius 1 is 0.967 bits per heavy atom. The Balaban J connectivity index is 1.92. The van der Waals surface area contributed by atoms with E-state index in [1.54, 1.807) is 0 Å². The Hall–Kier alpha value is -3.47. The minimum absolute atomic E-state index is 0.256. The van der Waals surface area contributed by atoms with Crippen molar-refractivity contribution in [2.75, 3.05) is 0 Å². The van der Waals surface area contributed by atoms with Crippen molar-refractivity contribution in [2.45, 2.75) is 18.1 Å². The molecule has 4 aromatic rings. The third-order valence-corrected chi connectivity index (χ3v) is 4.67. The van der Waals surface area contributed by atoms with Gasteiger partial charge in [-0.25, -0.2) is 22.8 Å². The van der Waals surface area contributed by atoms with Crippen molar-refractivity contribution in [3.8, 4) is 0 Å². The first-order chi connectivity index (χ1) is 14.2. The highest BCUT2D eigenvalue weighted by Gasteiger charge is 2.58. The number of tetrazole rings is 1. The van der Waals surface area contributed by atoms with Gasteiger partial charge in [0, 0.05) is 17.0 Å². The van der Waals surface area contributed by atoms with Crippen molar-refractivity contribution >= 4 is 10.9 Å². The number of para-hydroxylation sites is 1. The highest BCUT2D eigenvalue weighted by atomic mass is 19.3. The maximum atomic E-state index is 15.6. The van der Waals surface area contributed by atoms with Gasteiger partial charge in [0.25, 0.3) is 0 Å². The summed E-state index contributed by atoms with van der Waals surface area (Å²) in [5.74, 6) is -7.52. The van der Waals surface area contributed by atoms with Crippen LogP contribution < -0.4 is 0 Å². The summed E-state index contributed by atoms with van der Waals surface area (Å²) in [6, 6.07) is 7.80. The Morgan fingerprint density at radius 2 is 1.77 bits per heavy atom. The second kappa shape index (κ2) is 7.10. The van der Waals surface area contributed by atoms with Crippen LogP contribution in [0.3, 0.4) is 0 Å². The van der Waals surface area contributed by atoms with Crippen LogP contribution >= 0.6 is 0 Å². The summed E-state index contributed by atoms with van der Waals surface area (Å²) in [6.45, 7) is -0.994. The van der Waals surface area contributed by atoms with E-state index >= 15 is 8.78 Å². The Bertz CT molecular complexity index is 1220. The van der Waals surface area contributed by atoms with Crippen LogP contribution in [-0.2, 0) is 18.1 Å². The van der Waals surface area contributed by atoms with E-state index in [9.17, 15) is 18.3 Å². The number of pyridine rings is 1. The number of alkyl halides is 2. The molecule has 2 aromatic heterocycles. The first kappa shape index (κ1) is 19.8. The van der Waals surface area contributed by atoms with Crippen LogP contribution in [0.2, 0.25) is 0 Å². The number of aliphatic hydroxyl groups is 1. The lowest BCUT2D eigenvalue weighted by Gasteiger charge is -2.35. The second-order valence-electron chi connectivity index (χ2n) is 6.57. The third kappa shape index (κ3) is 3.16. The average Bonchev–Trinajstić information content (AvgIpc) is 3.20. The normalized spacial score (nSPS) is 14.1. The van der Waals surface area contributed by atoms with E-state index in [1.165, 1.54) is 18.2 Å². The number of rotatable bonds is 5. The number of fused-ring (bicyclic) bond motifs is 1. The molecule has 0 bridgehead atoms. The lowest BCUT2D eigenvalue weighted by Crippen LogP contribution is -2.48. The van der Waals surface area contributed by atoms with E-state index in [0.29, 0.717) is 12.1 Å². The van der Waals surface area contributed by atoms with Crippen LogP contribution in [-0.4, -0.2) is 30.3 Å². The molecule has 0 saturated heterocycles. The molecule has 0 amide bonds. The molecule has 0 radical (unpaired) electrons. The molecule has 0 saturated carbocycles. The minimum atomic E-state index is -4.26. The first-order valence-corrected chi connectivity index (χ1v) is 8.54. The Kier molecular flexibility index (Phi) is 4.69. The molecule has 1 unspecified atom stereocenters. The van der Waals surface area contributed by atoms with E-state index in [2.05, 4.69) is 20.5 Å². The SMILES string of the molecule is OC(Cn1cnnn1)(c1ccc(F)cc1F)C(F)(F)c1ccc2cccc(F)c2n1. The molecule has 0 fully saturated rings. The summed E-state index contributed by atoms with van der Waals surface area (Å²) < 4.78 is 74.0. The fourth-order valence-corrected chi connectivity index (χ4v) is 3.16. The molecule has 1 atom stereocenters. The van der Waals surface area contributed by atoms with Crippen molar-refractivity contribution in [1.29, 1.82) is 0 Å². The van der Waals surface area contributed by atoms with Crippen molar-refractivity contribution < 1.29 is 27.1 Å². The van der Waals surface area contributed by atoms with Gasteiger partial charge < -0.3 is 5.11 Å². The zero-order chi connectivity index (χ0) is 21.5. The van der Waals surface area contributed by atoms with E-state index in [-0.39, 0.29) is 10.9 Å². The molecule has 6 nitrogen and oxygen atoms in total. The summed E-state index contributed by atoms with van der Waals surface area (Å²) in [5, 5.41) is 21.4. The quantitative estimate of drug-likeness (QED) is 0.501. The fraction of sp³-hybridized carbons (Fsp3) is 0.158. The largest absolute Gasteiger partial charge is 0.377 e. The van der Waals surface area contributed by atoms with Gasteiger partial charge in [0.05, 0.1) is 6.54 Å². The first-order valence-electron chi connectivity index (χ1n) is 8.54. The van der Waals surface area contributed by atoms with Gasteiger partial charge in [-0.15, -0.1) is 5.10 Å². The third-order valence-electron chi connectivity index (χ3n) is 4.67. The van der Waals surface area contributed by atoms with Gasteiger partial charge in [-0.05, 0) is 34.7 Å². The van der Waals surface area contributed by atoms with Crippen molar-refractivity contribution in [2.24, 2.45) is 0 Å². The predicted octanol–water partition coefficient (Wildman–Crippen LogP) is 3.32. The van der Waals surface area contributed by atoms with E-state index in [0.717, 1.165) is 29.2 Å². The molecule has 2 heterocycles. The molecule has 4 rings (SSSR count). The molecule has 0 spiro atoms. The van der Waals surface area contributed by atoms with Crippen LogP contribution in [0, 0.1) is 17.5 Å². The van der Waals surface area contributed by atoms with Gasteiger partial charge in [0.1, 0.15) is 35.0 Å². The highest BCUT2D eigenvalue weighted by Crippen LogP contribution is 2.47.